The minimum absolute atomic E-state index is 0.182. The van der Waals surface area contributed by atoms with Crippen molar-refractivity contribution >= 4 is 5.97 Å². The zero-order chi connectivity index (χ0) is 21.4. The number of nitrogens with zero attached hydrogens (tertiary/aromatic N) is 1. The molecule has 1 saturated heterocycles. The Hall–Kier alpha value is -2.21. The van der Waals surface area contributed by atoms with Crippen LogP contribution in [0.25, 0.3) is 0 Å². The van der Waals surface area contributed by atoms with Gasteiger partial charge in [0.1, 0.15) is 0 Å². The minimum Gasteiger partial charge on any atom is -0.480 e. The van der Waals surface area contributed by atoms with E-state index in [2.05, 4.69) is 66.0 Å². The van der Waals surface area contributed by atoms with E-state index in [9.17, 15) is 4.79 Å². The molecule has 1 aliphatic heterocycles. The molecule has 164 valence electrons. The summed E-state index contributed by atoms with van der Waals surface area (Å²) in [6.45, 7) is 3.71. The lowest BCUT2D eigenvalue weighted by Gasteiger charge is -2.25. The lowest BCUT2D eigenvalue weighted by molar-refractivity contribution is -0.138. The van der Waals surface area contributed by atoms with Crippen molar-refractivity contribution in [2.75, 3.05) is 32.7 Å². The van der Waals surface area contributed by atoms with Crippen molar-refractivity contribution in [2.24, 2.45) is 5.73 Å². The first kappa shape index (κ1) is 24.1. The summed E-state index contributed by atoms with van der Waals surface area (Å²) in [6, 6.07) is 21.7. The molecule has 0 spiro atoms. The number of carboxylic acids is 1. The van der Waals surface area contributed by atoms with Crippen molar-refractivity contribution in [2.45, 2.75) is 44.6 Å². The fourth-order valence-corrected chi connectivity index (χ4v) is 3.63. The predicted molar refractivity (Wildman–Crippen MR) is 124 cm³/mol. The lowest BCUT2D eigenvalue weighted by Crippen LogP contribution is -2.45. The summed E-state index contributed by atoms with van der Waals surface area (Å²) in [5.74, 6) is -0.734. The standard InChI is InChI=1S/C19H25N.C6H12N2O2/c20-19(15-7-13-17-9-3-1-4-10-17)16-8-14-18-11-5-2-6-12-18;9-6(10)5-8-3-1-7-2-4-8/h1-6,9-12,19H,7-8,13-16,20H2;7H,1-5H2,(H,9,10). The van der Waals surface area contributed by atoms with Gasteiger partial charge in [0, 0.05) is 32.2 Å². The Balaban J connectivity index is 0.000000269. The Bertz CT molecular complexity index is 643. The second-order valence-electron chi connectivity index (χ2n) is 7.94. The van der Waals surface area contributed by atoms with Crippen LogP contribution in [0.3, 0.4) is 0 Å². The molecule has 0 bridgehead atoms. The van der Waals surface area contributed by atoms with Gasteiger partial charge in [-0.15, -0.1) is 0 Å². The molecule has 2 aromatic rings. The van der Waals surface area contributed by atoms with Gasteiger partial charge < -0.3 is 16.2 Å². The van der Waals surface area contributed by atoms with Gasteiger partial charge in [-0.05, 0) is 49.7 Å². The second kappa shape index (κ2) is 14.7. The van der Waals surface area contributed by atoms with Gasteiger partial charge in [0.15, 0.2) is 0 Å². The number of piperazine rings is 1. The van der Waals surface area contributed by atoms with E-state index in [1.807, 2.05) is 4.90 Å². The summed E-state index contributed by atoms with van der Waals surface area (Å²) >= 11 is 0. The fraction of sp³-hybridized carbons (Fsp3) is 0.480. The fourth-order valence-electron chi connectivity index (χ4n) is 3.63. The number of nitrogens with two attached hydrogens (primary N) is 1. The molecule has 5 heteroatoms. The smallest absolute Gasteiger partial charge is 0.317 e. The van der Waals surface area contributed by atoms with E-state index in [1.54, 1.807) is 0 Å². The molecule has 30 heavy (non-hydrogen) atoms. The van der Waals surface area contributed by atoms with Gasteiger partial charge in [0.2, 0.25) is 0 Å². The van der Waals surface area contributed by atoms with Gasteiger partial charge in [-0.25, -0.2) is 0 Å². The SMILES string of the molecule is NC(CCCc1ccccc1)CCCc1ccccc1.O=C(O)CN1CCNCC1. The maximum absolute atomic E-state index is 10.2. The molecule has 0 saturated carbocycles. The Kier molecular flexibility index (Phi) is 11.8. The largest absolute Gasteiger partial charge is 0.480 e. The number of benzene rings is 2. The highest BCUT2D eigenvalue weighted by molar-refractivity contribution is 5.69. The zero-order valence-electron chi connectivity index (χ0n) is 18.0. The summed E-state index contributed by atoms with van der Waals surface area (Å²) in [5.41, 5.74) is 9.04. The van der Waals surface area contributed by atoms with Gasteiger partial charge in [-0.2, -0.15) is 0 Å². The quantitative estimate of drug-likeness (QED) is 0.559. The van der Waals surface area contributed by atoms with Gasteiger partial charge in [-0.1, -0.05) is 60.7 Å². The van der Waals surface area contributed by atoms with Crippen molar-refractivity contribution in [1.82, 2.24) is 10.2 Å². The second-order valence-corrected chi connectivity index (χ2v) is 7.94. The summed E-state index contributed by atoms with van der Waals surface area (Å²) in [7, 11) is 0. The highest BCUT2D eigenvalue weighted by Gasteiger charge is 2.11. The van der Waals surface area contributed by atoms with Crippen molar-refractivity contribution in [3.05, 3.63) is 71.8 Å². The van der Waals surface area contributed by atoms with E-state index in [4.69, 9.17) is 10.8 Å². The molecule has 0 amide bonds. The first-order chi connectivity index (χ1) is 14.6. The van der Waals surface area contributed by atoms with Crippen LogP contribution in [-0.4, -0.2) is 54.7 Å². The van der Waals surface area contributed by atoms with Gasteiger partial charge in [0.05, 0.1) is 6.54 Å². The molecule has 0 aromatic heterocycles. The molecule has 1 heterocycles. The van der Waals surface area contributed by atoms with E-state index in [1.165, 1.54) is 24.0 Å². The minimum atomic E-state index is -0.734. The van der Waals surface area contributed by atoms with Crippen LogP contribution >= 0.6 is 0 Å². The summed E-state index contributed by atoms with van der Waals surface area (Å²) in [6.07, 6.45) is 6.93. The van der Waals surface area contributed by atoms with Crippen LogP contribution in [0, 0.1) is 0 Å². The van der Waals surface area contributed by atoms with Crippen LogP contribution < -0.4 is 11.1 Å². The number of carbonyl (C=O) groups is 1. The van der Waals surface area contributed by atoms with Crippen molar-refractivity contribution in [1.29, 1.82) is 0 Å². The first-order valence-electron chi connectivity index (χ1n) is 11.1. The number of hydrogen-bond acceptors (Lipinski definition) is 4. The molecule has 4 N–H and O–H groups in total. The van der Waals surface area contributed by atoms with Crippen LogP contribution in [0.4, 0.5) is 0 Å². The van der Waals surface area contributed by atoms with Crippen LogP contribution in [0.15, 0.2) is 60.7 Å². The maximum Gasteiger partial charge on any atom is 0.317 e. The molecule has 0 atom stereocenters. The molecule has 2 aromatic carbocycles. The Labute approximate surface area is 181 Å². The number of carboxylic acid groups (broad SMARTS) is 1. The van der Waals surface area contributed by atoms with Gasteiger partial charge in [0.25, 0.3) is 0 Å². The number of rotatable bonds is 10. The third-order valence-electron chi connectivity index (χ3n) is 5.33. The predicted octanol–water partition coefficient (Wildman–Crippen LogP) is 3.34. The van der Waals surface area contributed by atoms with Gasteiger partial charge >= 0.3 is 5.97 Å². The molecular weight excluding hydrogens is 374 g/mol. The zero-order valence-corrected chi connectivity index (χ0v) is 18.0. The first-order valence-corrected chi connectivity index (χ1v) is 11.1. The maximum atomic E-state index is 10.2. The molecule has 1 aliphatic rings. The molecule has 0 radical (unpaired) electrons. The third kappa shape index (κ3) is 11.1. The van der Waals surface area contributed by atoms with Crippen molar-refractivity contribution < 1.29 is 9.90 Å². The van der Waals surface area contributed by atoms with Crippen LogP contribution in [-0.2, 0) is 17.6 Å². The Morgan fingerprint density at radius 1 is 0.900 bits per heavy atom. The number of nitrogens with one attached hydrogen (secondary N) is 1. The van der Waals surface area contributed by atoms with E-state index >= 15 is 0 Å². The Morgan fingerprint density at radius 3 is 1.80 bits per heavy atom. The highest BCUT2D eigenvalue weighted by Crippen LogP contribution is 2.10. The topological polar surface area (TPSA) is 78.6 Å². The molecule has 3 rings (SSSR count). The monoisotopic (exact) mass is 411 g/mol. The number of aliphatic carboxylic acids is 1. The summed E-state index contributed by atoms with van der Waals surface area (Å²) in [4.78, 5) is 12.1. The van der Waals surface area contributed by atoms with E-state index < -0.39 is 5.97 Å². The molecule has 5 nitrogen and oxygen atoms in total. The lowest BCUT2D eigenvalue weighted by atomic mass is 10.00. The van der Waals surface area contributed by atoms with Crippen LogP contribution in [0.2, 0.25) is 0 Å². The Morgan fingerprint density at radius 2 is 1.37 bits per heavy atom. The average molecular weight is 412 g/mol. The van der Waals surface area contributed by atoms with E-state index in [0.29, 0.717) is 6.04 Å². The number of hydrogen-bond donors (Lipinski definition) is 3. The van der Waals surface area contributed by atoms with Crippen molar-refractivity contribution in [3.8, 4) is 0 Å². The average Bonchev–Trinajstić information content (AvgIpc) is 2.76. The normalized spacial score (nSPS) is 14.2. The third-order valence-corrected chi connectivity index (χ3v) is 5.33. The van der Waals surface area contributed by atoms with Crippen LogP contribution in [0.1, 0.15) is 36.8 Å². The molecule has 0 unspecified atom stereocenters. The van der Waals surface area contributed by atoms with Crippen LogP contribution in [0.5, 0.6) is 0 Å². The molecule has 0 aliphatic carbocycles. The molecular formula is C25H37N3O2. The molecule has 1 fully saturated rings. The van der Waals surface area contributed by atoms with Gasteiger partial charge in [-0.3, -0.25) is 9.69 Å². The summed E-state index contributed by atoms with van der Waals surface area (Å²) < 4.78 is 0. The van der Waals surface area contributed by atoms with E-state index in [0.717, 1.165) is 51.9 Å². The highest BCUT2D eigenvalue weighted by atomic mass is 16.4. The summed E-state index contributed by atoms with van der Waals surface area (Å²) in [5, 5.41) is 11.6. The van der Waals surface area contributed by atoms with Crippen molar-refractivity contribution in [3.63, 3.8) is 0 Å². The van der Waals surface area contributed by atoms with E-state index in [-0.39, 0.29) is 6.54 Å². The number of aryl methyl sites for hydroxylation is 2.